The maximum atomic E-state index is 6.52. The van der Waals surface area contributed by atoms with Crippen molar-refractivity contribution in [1.29, 1.82) is 0 Å². The minimum atomic E-state index is -0.275. The summed E-state index contributed by atoms with van der Waals surface area (Å²) in [6.07, 6.45) is 38.8. The lowest BCUT2D eigenvalue weighted by molar-refractivity contribution is 0.753. The van der Waals surface area contributed by atoms with Crippen molar-refractivity contribution in [2.75, 3.05) is 22.9 Å². The molecule has 0 saturated heterocycles. The van der Waals surface area contributed by atoms with E-state index in [4.69, 9.17) is 6.42 Å². The second kappa shape index (κ2) is 20.7. The van der Waals surface area contributed by atoms with Crippen LogP contribution in [0.1, 0.15) is 52.2 Å². The number of allylic oxidation sites excluding steroid dienone is 11. The van der Waals surface area contributed by atoms with E-state index in [-0.39, 0.29) is 5.92 Å². The molecule has 0 bridgehead atoms. The zero-order valence-electron chi connectivity index (χ0n) is 30.0. The van der Waals surface area contributed by atoms with Gasteiger partial charge in [0.1, 0.15) is 0 Å². The van der Waals surface area contributed by atoms with E-state index in [1.165, 1.54) is 22.3 Å². The molecule has 0 spiro atoms. The van der Waals surface area contributed by atoms with E-state index in [2.05, 4.69) is 184 Å². The molecule has 1 N–H and O–H groups in total. The summed E-state index contributed by atoms with van der Waals surface area (Å²) in [5, 5.41) is 3.42. The third-order valence-electron chi connectivity index (χ3n) is 7.96. The van der Waals surface area contributed by atoms with E-state index in [0.717, 1.165) is 40.5 Å². The number of hydrogen-bond acceptors (Lipinski definition) is 3. The summed E-state index contributed by atoms with van der Waals surface area (Å²) in [7, 11) is 0. The fourth-order valence-corrected chi connectivity index (χ4v) is 5.16. The molecule has 3 rings (SSSR count). The van der Waals surface area contributed by atoms with Crippen LogP contribution in [0.3, 0.4) is 0 Å². The number of terminal acetylenes is 2. The quantitative estimate of drug-likeness (QED) is 0.165. The van der Waals surface area contributed by atoms with E-state index >= 15 is 0 Å². The first-order valence-corrected chi connectivity index (χ1v) is 16.6. The van der Waals surface area contributed by atoms with Crippen molar-refractivity contribution in [3.05, 3.63) is 167 Å². The van der Waals surface area contributed by atoms with Gasteiger partial charge in [0, 0.05) is 35.9 Å². The van der Waals surface area contributed by atoms with Crippen molar-refractivity contribution in [2.24, 2.45) is 5.92 Å². The summed E-state index contributed by atoms with van der Waals surface area (Å²) in [6.45, 7) is 20.4. The highest BCUT2D eigenvalue weighted by molar-refractivity contribution is 5.69. The summed E-state index contributed by atoms with van der Waals surface area (Å²) < 4.78 is 0. The normalized spacial score (nSPS) is 15.2. The highest BCUT2D eigenvalue weighted by Gasteiger charge is 2.28. The minimum Gasteiger partial charge on any atom is -0.387 e. The Morgan fingerprint density at radius 1 is 0.938 bits per heavy atom. The molecule has 0 aromatic heterocycles. The van der Waals surface area contributed by atoms with Crippen LogP contribution in [0.25, 0.3) is 0 Å². The lowest BCUT2D eigenvalue weighted by atomic mass is 9.90. The van der Waals surface area contributed by atoms with Crippen LogP contribution in [0.15, 0.2) is 156 Å². The van der Waals surface area contributed by atoms with Gasteiger partial charge in [-0.3, -0.25) is 0 Å². The van der Waals surface area contributed by atoms with Gasteiger partial charge < -0.3 is 15.1 Å². The van der Waals surface area contributed by atoms with Crippen LogP contribution in [0.4, 0.5) is 11.4 Å². The molecule has 1 aliphatic rings. The third-order valence-corrected chi connectivity index (χ3v) is 7.96. The van der Waals surface area contributed by atoms with Crippen molar-refractivity contribution in [3.63, 3.8) is 0 Å². The van der Waals surface area contributed by atoms with Gasteiger partial charge in [0.25, 0.3) is 0 Å². The number of nitrogens with zero attached hydrogens (tertiary/aromatic N) is 2. The van der Waals surface area contributed by atoms with Crippen LogP contribution < -0.4 is 15.1 Å². The average Bonchev–Trinajstić information content (AvgIpc) is 3.65. The topological polar surface area (TPSA) is 18.5 Å². The number of rotatable bonds is 14. The molecule has 1 unspecified atom stereocenters. The van der Waals surface area contributed by atoms with E-state index in [1.54, 1.807) is 0 Å². The molecule has 48 heavy (non-hydrogen) atoms. The molecule has 0 saturated carbocycles. The van der Waals surface area contributed by atoms with Crippen molar-refractivity contribution >= 4 is 11.4 Å². The van der Waals surface area contributed by atoms with Crippen molar-refractivity contribution in [3.8, 4) is 25.2 Å². The highest BCUT2D eigenvalue weighted by atomic mass is 15.2. The minimum absolute atomic E-state index is 0.275. The summed E-state index contributed by atoms with van der Waals surface area (Å²) >= 11 is 0. The second-order valence-corrected chi connectivity index (χ2v) is 11.5. The summed E-state index contributed by atoms with van der Waals surface area (Å²) in [5.74, 6) is 2.94. The first-order valence-electron chi connectivity index (χ1n) is 16.6. The fraction of sp³-hybridized carbons (Fsp3) is 0.244. The zero-order chi connectivity index (χ0) is 35.5. The molecule has 1 atom stereocenters. The molecular formula is C45H53N3. The van der Waals surface area contributed by atoms with Crippen LogP contribution in [0.5, 0.6) is 0 Å². The maximum absolute atomic E-state index is 6.52. The van der Waals surface area contributed by atoms with Gasteiger partial charge in [-0.25, -0.2) is 0 Å². The molecule has 0 fully saturated rings. The van der Waals surface area contributed by atoms with Crippen LogP contribution >= 0.6 is 0 Å². The Bertz CT molecular complexity index is 1660. The van der Waals surface area contributed by atoms with Crippen molar-refractivity contribution in [1.82, 2.24) is 5.32 Å². The van der Waals surface area contributed by atoms with Gasteiger partial charge in [-0.05, 0) is 108 Å². The van der Waals surface area contributed by atoms with Gasteiger partial charge in [0.05, 0.1) is 11.6 Å². The average molecular weight is 636 g/mol. The molecule has 2 aromatic carbocycles. The Hall–Kier alpha value is -5.38. The van der Waals surface area contributed by atoms with Gasteiger partial charge in [-0.2, -0.15) is 0 Å². The van der Waals surface area contributed by atoms with E-state index in [1.807, 2.05) is 20.0 Å². The second-order valence-electron chi connectivity index (χ2n) is 11.5. The van der Waals surface area contributed by atoms with E-state index in [9.17, 15) is 0 Å². The Morgan fingerprint density at radius 3 is 2.06 bits per heavy atom. The molecule has 1 aliphatic heterocycles. The first-order chi connectivity index (χ1) is 23.3. The van der Waals surface area contributed by atoms with Crippen molar-refractivity contribution in [2.45, 2.75) is 54.9 Å². The van der Waals surface area contributed by atoms with E-state index in [0.29, 0.717) is 13.1 Å². The van der Waals surface area contributed by atoms with Crippen LogP contribution in [-0.2, 0) is 0 Å². The lowest BCUT2D eigenvalue weighted by Gasteiger charge is -2.35. The summed E-state index contributed by atoms with van der Waals surface area (Å²) in [6, 6.07) is 17.3. The SMILES string of the molecule is C#C.C#CC(CN(C(=C)/C=C\C(C)=C/C)c1ccc(C)cc1)C(=C\C=C/C)/C(=C1/C=CNC1)N(C(/C=C\CC)=C/C)c1ccc(C)cc1. The smallest absolute Gasteiger partial charge is 0.0649 e. The highest BCUT2D eigenvalue weighted by Crippen LogP contribution is 2.37. The Balaban J connectivity index is 0.00000392. The number of benzene rings is 2. The van der Waals surface area contributed by atoms with Crippen molar-refractivity contribution < 1.29 is 0 Å². The zero-order valence-corrected chi connectivity index (χ0v) is 30.0. The molecule has 3 nitrogen and oxygen atoms in total. The molecule has 1 heterocycles. The summed E-state index contributed by atoms with van der Waals surface area (Å²) in [4.78, 5) is 4.60. The Morgan fingerprint density at radius 2 is 1.56 bits per heavy atom. The van der Waals surface area contributed by atoms with Crippen LogP contribution in [-0.4, -0.2) is 13.1 Å². The fourth-order valence-electron chi connectivity index (χ4n) is 5.16. The van der Waals surface area contributed by atoms with Gasteiger partial charge in [0.2, 0.25) is 0 Å². The number of nitrogens with one attached hydrogen (secondary N) is 1. The molecule has 248 valence electrons. The van der Waals surface area contributed by atoms with E-state index < -0.39 is 0 Å². The number of hydrogen-bond donors (Lipinski definition) is 1. The number of aryl methyl sites for hydroxylation is 2. The largest absolute Gasteiger partial charge is 0.387 e. The van der Waals surface area contributed by atoms with Crippen LogP contribution in [0.2, 0.25) is 0 Å². The van der Waals surface area contributed by atoms with Gasteiger partial charge in [0.15, 0.2) is 0 Å². The molecule has 3 heteroatoms. The standard InChI is InChI=1S/C43H51N3.C2H2/c1-10-15-17-39(14-5)46(41-27-22-35(8)23-28-41)43(38-29-30-44-31-38)42(18-16-11-2)37(13-4)32-45(36(9)24-19-33(6)12-3)40-25-20-34(7)21-26-40;1-2/h4,11-12,14-30,37,44H,9-10,31-32H2,1-3,5-8H3;1-2H/b16-11-,17-15-,24-19-,33-12-,39-14+,42-18+,43-38+;. The van der Waals surface area contributed by atoms with Gasteiger partial charge in [-0.15, -0.1) is 19.3 Å². The third kappa shape index (κ3) is 10.9. The predicted molar refractivity (Wildman–Crippen MR) is 212 cm³/mol. The monoisotopic (exact) mass is 635 g/mol. The first kappa shape index (κ1) is 38.8. The van der Waals surface area contributed by atoms with Gasteiger partial charge >= 0.3 is 0 Å². The van der Waals surface area contributed by atoms with Gasteiger partial charge in [-0.1, -0.05) is 103 Å². The predicted octanol–water partition coefficient (Wildman–Crippen LogP) is 10.9. The number of anilines is 2. The Kier molecular flexibility index (Phi) is 16.7. The molecule has 0 radical (unpaired) electrons. The van der Waals surface area contributed by atoms with Crippen LogP contribution in [0, 0.1) is 45.0 Å². The maximum Gasteiger partial charge on any atom is 0.0649 e. The molecular weight excluding hydrogens is 583 g/mol. The lowest BCUT2D eigenvalue weighted by Crippen LogP contribution is -2.32. The molecule has 0 amide bonds. The Labute approximate surface area is 291 Å². The molecule has 2 aromatic rings. The summed E-state index contributed by atoms with van der Waals surface area (Å²) in [5.41, 5.74) is 11.0. The molecule has 0 aliphatic carbocycles.